The fourth-order valence-corrected chi connectivity index (χ4v) is 3.30. The van der Waals surface area contributed by atoms with Crippen molar-refractivity contribution in [1.29, 1.82) is 0 Å². The van der Waals surface area contributed by atoms with Gasteiger partial charge in [-0.25, -0.2) is 9.97 Å². The maximum Gasteiger partial charge on any atom is 0.253 e. The van der Waals surface area contributed by atoms with Crippen molar-refractivity contribution in [3.8, 4) is 0 Å². The largest absolute Gasteiger partial charge is 0.383 e. The molecule has 0 saturated carbocycles. The maximum atomic E-state index is 11.9. The summed E-state index contributed by atoms with van der Waals surface area (Å²) < 4.78 is 1.01. The number of carbonyl (C=O) groups excluding carboxylic acids is 1. The van der Waals surface area contributed by atoms with Gasteiger partial charge in [-0.2, -0.15) is 0 Å². The number of H-pyrrole nitrogens is 1. The predicted molar refractivity (Wildman–Crippen MR) is 88.2 cm³/mol. The highest BCUT2D eigenvalue weighted by Crippen LogP contribution is 2.25. The second-order valence-corrected chi connectivity index (χ2v) is 6.29. The third-order valence-corrected chi connectivity index (χ3v) is 4.45. The zero-order chi connectivity index (χ0) is 15.5. The van der Waals surface area contributed by atoms with Gasteiger partial charge in [-0.3, -0.25) is 9.59 Å². The molecule has 0 unspecified atom stereocenters. The number of hydrogen-bond acceptors (Lipinski definition) is 7. The molecule has 3 aromatic rings. The van der Waals surface area contributed by atoms with Crippen LogP contribution in [0, 0.1) is 0 Å². The van der Waals surface area contributed by atoms with Gasteiger partial charge in [0.15, 0.2) is 10.3 Å². The van der Waals surface area contributed by atoms with Gasteiger partial charge in [0.2, 0.25) is 5.91 Å². The maximum absolute atomic E-state index is 11.9. The lowest BCUT2D eigenvalue weighted by Crippen LogP contribution is -2.15. The molecular formula is C13H11N5O2S2. The lowest BCUT2D eigenvalue weighted by Gasteiger charge is -2.01. The van der Waals surface area contributed by atoms with E-state index in [1.165, 1.54) is 17.4 Å². The number of carbonyl (C=O) groups is 1. The zero-order valence-electron chi connectivity index (χ0n) is 11.2. The molecule has 1 amide bonds. The van der Waals surface area contributed by atoms with Gasteiger partial charge in [-0.15, -0.1) is 0 Å². The van der Waals surface area contributed by atoms with Gasteiger partial charge in [0.1, 0.15) is 5.82 Å². The Morgan fingerprint density at radius 3 is 2.95 bits per heavy atom. The van der Waals surface area contributed by atoms with Crippen LogP contribution in [-0.2, 0) is 4.79 Å². The fraction of sp³-hybridized carbons (Fsp3) is 0.0769. The number of thiazole rings is 1. The highest BCUT2D eigenvalue weighted by Gasteiger charge is 2.09. The molecule has 0 spiro atoms. The molecule has 22 heavy (non-hydrogen) atoms. The van der Waals surface area contributed by atoms with Crippen molar-refractivity contribution in [2.75, 3.05) is 16.8 Å². The Morgan fingerprint density at radius 2 is 2.18 bits per heavy atom. The van der Waals surface area contributed by atoms with Gasteiger partial charge in [0.25, 0.3) is 5.56 Å². The van der Waals surface area contributed by atoms with E-state index < -0.39 is 0 Å². The van der Waals surface area contributed by atoms with E-state index in [0.29, 0.717) is 10.3 Å². The van der Waals surface area contributed by atoms with E-state index in [9.17, 15) is 9.59 Å². The van der Waals surface area contributed by atoms with Crippen molar-refractivity contribution in [2.24, 2.45) is 0 Å². The minimum Gasteiger partial charge on any atom is -0.383 e. The summed E-state index contributed by atoms with van der Waals surface area (Å²) >= 11 is 2.51. The molecule has 4 N–H and O–H groups in total. The summed E-state index contributed by atoms with van der Waals surface area (Å²) in [6.07, 6.45) is 0. The summed E-state index contributed by atoms with van der Waals surface area (Å²) in [7, 11) is 0. The number of thioether (sulfide) groups is 1. The van der Waals surface area contributed by atoms with Crippen LogP contribution in [0.3, 0.4) is 0 Å². The Labute approximate surface area is 133 Å². The zero-order valence-corrected chi connectivity index (χ0v) is 12.8. The number of anilines is 2. The average Bonchev–Trinajstić information content (AvgIpc) is 2.86. The van der Waals surface area contributed by atoms with Crippen molar-refractivity contribution in [2.45, 2.75) is 5.16 Å². The number of fused-ring (bicyclic) bond motifs is 1. The Balaban J connectivity index is 1.63. The fourth-order valence-electron chi connectivity index (χ4n) is 1.74. The molecule has 0 atom stereocenters. The number of nitrogens with one attached hydrogen (secondary N) is 2. The molecule has 0 aliphatic carbocycles. The van der Waals surface area contributed by atoms with Crippen molar-refractivity contribution in [1.82, 2.24) is 15.0 Å². The minimum atomic E-state index is -0.346. The molecule has 0 aliphatic heterocycles. The van der Waals surface area contributed by atoms with Crippen LogP contribution >= 0.6 is 23.1 Å². The van der Waals surface area contributed by atoms with Crippen molar-refractivity contribution in [3.05, 3.63) is 40.7 Å². The number of benzene rings is 1. The van der Waals surface area contributed by atoms with Crippen LogP contribution in [0.4, 0.5) is 10.9 Å². The molecule has 112 valence electrons. The number of nitrogens with zero attached hydrogens (tertiary/aromatic N) is 2. The van der Waals surface area contributed by atoms with Crippen LogP contribution in [-0.4, -0.2) is 26.6 Å². The third-order valence-electron chi connectivity index (χ3n) is 2.62. The van der Waals surface area contributed by atoms with E-state index >= 15 is 0 Å². The second-order valence-electron chi connectivity index (χ2n) is 4.30. The van der Waals surface area contributed by atoms with Crippen LogP contribution in [0.1, 0.15) is 0 Å². The first kappa shape index (κ1) is 14.5. The summed E-state index contributed by atoms with van der Waals surface area (Å²) in [5.41, 5.74) is 5.98. The quantitative estimate of drug-likeness (QED) is 0.494. The standard InChI is InChI=1S/C13H11N5O2S2/c14-9-5-10(19)17-12(16-9)21-6-11(20)18-13-15-7-3-1-2-4-8(7)22-13/h1-5H,6H2,(H,15,18,20)(H3,14,16,17,19). The Bertz CT molecular complexity index is 856. The van der Waals surface area contributed by atoms with Gasteiger partial charge >= 0.3 is 0 Å². The summed E-state index contributed by atoms with van der Waals surface area (Å²) in [5.74, 6) is -0.00514. The molecule has 3 rings (SSSR count). The normalized spacial score (nSPS) is 10.7. The van der Waals surface area contributed by atoms with E-state index in [0.717, 1.165) is 22.0 Å². The molecule has 7 nitrogen and oxygen atoms in total. The van der Waals surface area contributed by atoms with Crippen LogP contribution in [0.5, 0.6) is 0 Å². The Hall–Kier alpha value is -2.39. The highest BCUT2D eigenvalue weighted by atomic mass is 32.2. The lowest BCUT2D eigenvalue weighted by atomic mass is 10.3. The SMILES string of the molecule is Nc1cc(=O)[nH]c(SCC(=O)Nc2nc3ccccc3s2)n1. The number of nitrogens with two attached hydrogens (primary N) is 1. The van der Waals surface area contributed by atoms with Crippen LogP contribution < -0.4 is 16.6 Å². The topological polar surface area (TPSA) is 114 Å². The van der Waals surface area contributed by atoms with Crippen LogP contribution in [0.15, 0.2) is 40.3 Å². The number of aromatic nitrogens is 3. The highest BCUT2D eigenvalue weighted by molar-refractivity contribution is 7.99. The van der Waals surface area contributed by atoms with E-state index in [-0.39, 0.29) is 23.0 Å². The van der Waals surface area contributed by atoms with Crippen LogP contribution in [0.25, 0.3) is 10.2 Å². The second kappa shape index (κ2) is 6.16. The molecule has 0 saturated heterocycles. The summed E-state index contributed by atoms with van der Waals surface area (Å²) in [5, 5.41) is 3.58. The molecule has 2 heterocycles. The van der Waals surface area contributed by atoms with E-state index in [4.69, 9.17) is 5.73 Å². The molecule has 2 aromatic heterocycles. The first-order chi connectivity index (χ1) is 10.6. The molecule has 9 heteroatoms. The monoisotopic (exact) mass is 333 g/mol. The summed E-state index contributed by atoms with van der Waals surface area (Å²) in [6, 6.07) is 8.83. The van der Waals surface area contributed by atoms with Crippen molar-refractivity contribution >= 4 is 50.2 Å². The number of rotatable bonds is 4. The number of amides is 1. The van der Waals surface area contributed by atoms with Crippen molar-refractivity contribution < 1.29 is 4.79 Å². The van der Waals surface area contributed by atoms with Gasteiger partial charge in [-0.05, 0) is 12.1 Å². The predicted octanol–water partition coefficient (Wildman–Crippen LogP) is 1.69. The Kier molecular flexibility index (Phi) is 4.07. The third kappa shape index (κ3) is 3.43. The van der Waals surface area contributed by atoms with Gasteiger partial charge in [-0.1, -0.05) is 35.2 Å². The molecule has 0 bridgehead atoms. The number of para-hydroxylation sites is 1. The van der Waals surface area contributed by atoms with Gasteiger partial charge in [0, 0.05) is 6.07 Å². The van der Waals surface area contributed by atoms with Gasteiger partial charge in [0.05, 0.1) is 16.0 Å². The summed E-state index contributed by atoms with van der Waals surface area (Å²) in [4.78, 5) is 33.9. The molecule has 0 fully saturated rings. The summed E-state index contributed by atoms with van der Waals surface area (Å²) in [6.45, 7) is 0. The van der Waals surface area contributed by atoms with Crippen molar-refractivity contribution in [3.63, 3.8) is 0 Å². The first-order valence-corrected chi connectivity index (χ1v) is 8.05. The molecule has 1 aromatic carbocycles. The molecule has 0 aliphatic rings. The smallest absolute Gasteiger partial charge is 0.253 e. The minimum absolute atomic E-state index is 0.0995. The molecule has 0 radical (unpaired) electrons. The van der Waals surface area contributed by atoms with E-state index in [2.05, 4.69) is 20.3 Å². The van der Waals surface area contributed by atoms with Crippen LogP contribution in [0.2, 0.25) is 0 Å². The van der Waals surface area contributed by atoms with Gasteiger partial charge < -0.3 is 16.0 Å². The average molecular weight is 333 g/mol. The molecular weight excluding hydrogens is 322 g/mol. The van der Waals surface area contributed by atoms with E-state index in [1.807, 2.05) is 24.3 Å². The number of aromatic amines is 1. The number of nitrogen functional groups attached to an aromatic ring is 1. The first-order valence-electron chi connectivity index (χ1n) is 6.25. The lowest BCUT2D eigenvalue weighted by molar-refractivity contribution is -0.113. The number of hydrogen-bond donors (Lipinski definition) is 3. The van der Waals surface area contributed by atoms with E-state index in [1.54, 1.807) is 0 Å². The Morgan fingerprint density at radius 1 is 1.36 bits per heavy atom.